The Kier molecular flexibility index (Phi) is 6.94. The van der Waals surface area contributed by atoms with Gasteiger partial charge in [-0.05, 0) is 43.4 Å². The van der Waals surface area contributed by atoms with Gasteiger partial charge < -0.3 is 5.32 Å². The Morgan fingerprint density at radius 2 is 1.74 bits per heavy atom. The van der Waals surface area contributed by atoms with Gasteiger partial charge in [-0.1, -0.05) is 36.4 Å². The molecule has 1 fully saturated rings. The molecule has 0 spiro atoms. The van der Waals surface area contributed by atoms with E-state index >= 15 is 0 Å². The van der Waals surface area contributed by atoms with Crippen molar-refractivity contribution in [2.75, 3.05) is 37.8 Å². The summed E-state index contributed by atoms with van der Waals surface area (Å²) in [5.41, 5.74) is 3.64. The number of hydrogen-bond donors (Lipinski definition) is 1. The fourth-order valence-corrected chi connectivity index (χ4v) is 4.04. The van der Waals surface area contributed by atoms with Gasteiger partial charge in [0.05, 0.1) is 11.7 Å². The second kappa shape index (κ2) is 9.40. The van der Waals surface area contributed by atoms with Crippen molar-refractivity contribution >= 4 is 23.4 Å². The van der Waals surface area contributed by atoms with Crippen LogP contribution < -0.4 is 5.32 Å². The number of carbonyl (C=O) groups excluding carboxylic acids is 1. The van der Waals surface area contributed by atoms with E-state index < -0.39 is 0 Å². The average Bonchev–Trinajstić information content (AvgIpc) is 2.70. The van der Waals surface area contributed by atoms with E-state index in [1.807, 2.05) is 37.4 Å². The lowest BCUT2D eigenvalue weighted by molar-refractivity contribution is -0.121. The monoisotopic (exact) mass is 383 g/mol. The maximum Gasteiger partial charge on any atom is 0.241 e. The van der Waals surface area contributed by atoms with Crippen LogP contribution in [0, 0.1) is 6.92 Å². The number of nitrogens with zero attached hydrogens (tertiary/aromatic N) is 2. The number of benzene rings is 2. The van der Waals surface area contributed by atoms with Crippen LogP contribution in [0.5, 0.6) is 0 Å². The van der Waals surface area contributed by atoms with Gasteiger partial charge in [-0.3, -0.25) is 14.6 Å². The molecule has 2 aromatic rings. The number of rotatable bonds is 6. The highest BCUT2D eigenvalue weighted by Crippen LogP contribution is 2.25. The quantitative estimate of drug-likeness (QED) is 0.769. The Labute approximate surface area is 166 Å². The lowest BCUT2D eigenvalue weighted by Gasteiger charge is -2.37. The number of aryl methyl sites for hydroxylation is 1. The summed E-state index contributed by atoms with van der Waals surface area (Å²) in [4.78, 5) is 18.6. The molecule has 1 N–H and O–H groups in total. The van der Waals surface area contributed by atoms with Crippen LogP contribution in [0.2, 0.25) is 0 Å². The topological polar surface area (TPSA) is 35.6 Å². The molecular weight excluding hydrogens is 354 g/mol. The molecule has 0 saturated carbocycles. The molecule has 2 aromatic carbocycles. The van der Waals surface area contributed by atoms with Crippen LogP contribution in [0.25, 0.3) is 0 Å². The summed E-state index contributed by atoms with van der Waals surface area (Å²) in [7, 11) is 0. The molecular formula is C22H29N3OS. The molecule has 3 rings (SSSR count). The minimum Gasteiger partial charge on any atom is -0.324 e. The van der Waals surface area contributed by atoms with Crippen molar-refractivity contribution in [3.8, 4) is 0 Å². The molecule has 1 aliphatic rings. The second-order valence-electron chi connectivity index (χ2n) is 7.10. The molecule has 1 aliphatic heterocycles. The first-order chi connectivity index (χ1) is 13.1. The zero-order chi connectivity index (χ0) is 19.2. The molecule has 144 valence electrons. The van der Waals surface area contributed by atoms with E-state index in [0.717, 1.165) is 43.3 Å². The molecule has 4 nitrogen and oxygen atoms in total. The predicted octanol–water partition coefficient (Wildman–Crippen LogP) is 3.86. The number of hydrogen-bond acceptors (Lipinski definition) is 4. The summed E-state index contributed by atoms with van der Waals surface area (Å²) in [5, 5.41) is 3.10. The van der Waals surface area contributed by atoms with Gasteiger partial charge in [0, 0.05) is 37.6 Å². The highest BCUT2D eigenvalue weighted by Gasteiger charge is 2.26. The van der Waals surface area contributed by atoms with Gasteiger partial charge >= 0.3 is 0 Å². The number of anilines is 1. The number of carbonyl (C=O) groups is 1. The van der Waals surface area contributed by atoms with Crippen LogP contribution in [0.3, 0.4) is 0 Å². The summed E-state index contributed by atoms with van der Waals surface area (Å²) in [5.74, 6) is 0.0730. The van der Waals surface area contributed by atoms with E-state index in [1.165, 1.54) is 11.1 Å². The Hall–Kier alpha value is -1.82. The fourth-order valence-electron chi connectivity index (χ4n) is 3.49. The van der Waals surface area contributed by atoms with Gasteiger partial charge in [0.25, 0.3) is 0 Å². The number of thioether (sulfide) groups is 1. The highest BCUT2D eigenvalue weighted by atomic mass is 32.2. The average molecular weight is 384 g/mol. The molecule has 27 heavy (non-hydrogen) atoms. The van der Waals surface area contributed by atoms with E-state index in [2.05, 4.69) is 46.3 Å². The third-order valence-electron chi connectivity index (χ3n) is 5.35. The van der Waals surface area contributed by atoms with Gasteiger partial charge in [-0.2, -0.15) is 0 Å². The van der Waals surface area contributed by atoms with Crippen LogP contribution in [0.4, 0.5) is 5.69 Å². The third kappa shape index (κ3) is 5.12. The van der Waals surface area contributed by atoms with Gasteiger partial charge in [0.15, 0.2) is 0 Å². The zero-order valence-electron chi connectivity index (χ0n) is 16.4. The fraction of sp³-hybridized carbons (Fsp3) is 0.409. The molecule has 0 aliphatic carbocycles. The second-order valence-corrected chi connectivity index (χ2v) is 7.95. The van der Waals surface area contributed by atoms with Crippen molar-refractivity contribution in [1.29, 1.82) is 0 Å². The van der Waals surface area contributed by atoms with Crippen molar-refractivity contribution in [2.45, 2.75) is 31.3 Å². The van der Waals surface area contributed by atoms with Crippen LogP contribution in [0.1, 0.15) is 18.1 Å². The van der Waals surface area contributed by atoms with E-state index in [1.54, 1.807) is 11.8 Å². The Morgan fingerprint density at radius 1 is 1.07 bits per heavy atom. The minimum absolute atomic E-state index is 0.0730. The smallest absolute Gasteiger partial charge is 0.241 e. The first kappa shape index (κ1) is 19.9. The zero-order valence-corrected chi connectivity index (χ0v) is 17.3. The van der Waals surface area contributed by atoms with E-state index in [4.69, 9.17) is 0 Å². The maximum atomic E-state index is 12.7. The lowest BCUT2D eigenvalue weighted by atomic mass is 10.1. The Bertz CT molecular complexity index is 772. The highest BCUT2D eigenvalue weighted by molar-refractivity contribution is 7.98. The van der Waals surface area contributed by atoms with Gasteiger partial charge in [-0.25, -0.2) is 0 Å². The van der Waals surface area contributed by atoms with Gasteiger partial charge in [0.2, 0.25) is 5.91 Å². The summed E-state index contributed by atoms with van der Waals surface area (Å²) < 4.78 is 0. The van der Waals surface area contributed by atoms with Crippen LogP contribution in [-0.2, 0) is 11.3 Å². The van der Waals surface area contributed by atoms with Gasteiger partial charge in [-0.15, -0.1) is 11.8 Å². The van der Waals surface area contributed by atoms with E-state index in [-0.39, 0.29) is 11.9 Å². The van der Waals surface area contributed by atoms with Crippen molar-refractivity contribution in [3.63, 3.8) is 0 Å². The first-order valence-electron chi connectivity index (χ1n) is 9.53. The Balaban J connectivity index is 1.52. The van der Waals surface area contributed by atoms with Crippen molar-refractivity contribution in [1.82, 2.24) is 9.80 Å². The van der Waals surface area contributed by atoms with Crippen LogP contribution in [-0.4, -0.2) is 54.2 Å². The van der Waals surface area contributed by atoms with E-state index in [0.29, 0.717) is 0 Å². The summed E-state index contributed by atoms with van der Waals surface area (Å²) >= 11 is 1.65. The third-order valence-corrected chi connectivity index (χ3v) is 6.15. The number of amides is 1. The van der Waals surface area contributed by atoms with Crippen molar-refractivity contribution in [2.24, 2.45) is 0 Å². The molecule has 1 amide bonds. The number of piperazine rings is 1. The summed E-state index contributed by atoms with van der Waals surface area (Å²) in [6.45, 7) is 9.00. The minimum atomic E-state index is -0.125. The normalized spacial score (nSPS) is 16.9. The maximum absolute atomic E-state index is 12.7. The summed E-state index contributed by atoms with van der Waals surface area (Å²) in [6.07, 6.45) is 2.03. The molecule has 0 radical (unpaired) electrons. The molecule has 0 aromatic heterocycles. The summed E-state index contributed by atoms with van der Waals surface area (Å²) in [6, 6.07) is 16.4. The van der Waals surface area contributed by atoms with E-state index in [9.17, 15) is 4.79 Å². The Morgan fingerprint density at radius 3 is 2.44 bits per heavy atom. The molecule has 1 heterocycles. The lowest BCUT2D eigenvalue weighted by Crippen LogP contribution is -2.52. The van der Waals surface area contributed by atoms with Crippen molar-refractivity contribution < 1.29 is 4.79 Å². The molecule has 5 heteroatoms. The van der Waals surface area contributed by atoms with Crippen LogP contribution >= 0.6 is 11.8 Å². The first-order valence-corrected chi connectivity index (χ1v) is 10.8. The number of nitrogens with one attached hydrogen (secondary N) is 1. The van der Waals surface area contributed by atoms with Crippen LogP contribution in [0.15, 0.2) is 53.4 Å². The predicted molar refractivity (Wildman–Crippen MR) is 114 cm³/mol. The van der Waals surface area contributed by atoms with Gasteiger partial charge in [0.1, 0.15) is 0 Å². The molecule has 0 bridgehead atoms. The number of para-hydroxylation sites is 1. The SMILES string of the molecule is CSc1ccccc1NC(=O)C(C)N1CCN(Cc2ccccc2C)CC1. The molecule has 1 unspecified atom stereocenters. The standard InChI is InChI=1S/C22H29N3OS/c1-17-8-4-5-9-19(17)16-24-12-14-25(15-13-24)18(2)22(26)23-20-10-6-7-11-21(20)27-3/h4-11,18H,12-16H2,1-3H3,(H,23,26). The molecule has 1 saturated heterocycles. The molecule has 1 atom stereocenters. The largest absolute Gasteiger partial charge is 0.324 e. The van der Waals surface area contributed by atoms with Crippen molar-refractivity contribution in [3.05, 3.63) is 59.7 Å².